The zero-order chi connectivity index (χ0) is 22.9. The van der Waals surface area contributed by atoms with Crippen LogP contribution in [0.4, 0.5) is 0 Å². The molecule has 3 aromatic heterocycles. The number of aromatic nitrogens is 3. The second-order valence-corrected chi connectivity index (χ2v) is 9.39. The van der Waals surface area contributed by atoms with E-state index in [1.807, 2.05) is 0 Å². The van der Waals surface area contributed by atoms with E-state index >= 15 is 0 Å². The Morgan fingerprint density at radius 1 is 0.600 bits per heavy atom. The van der Waals surface area contributed by atoms with Crippen molar-refractivity contribution < 1.29 is 36.9 Å². The predicted molar refractivity (Wildman–Crippen MR) is 125 cm³/mol. The summed E-state index contributed by atoms with van der Waals surface area (Å²) in [5.41, 5.74) is 2.53. The van der Waals surface area contributed by atoms with Gasteiger partial charge in [-0.25, -0.2) is 21.8 Å². The first-order valence-corrected chi connectivity index (χ1v) is 11.8. The SMILES string of the molecule is O.O.O=S(=O)([O-])c1ccc(-c2cc(-c3ccncc3)nc(-c3ccncc3)c2)c(S(=O)(=O)[O-])c1.[Pb+2]. The summed E-state index contributed by atoms with van der Waals surface area (Å²) in [6, 6.07) is 12.6. The van der Waals surface area contributed by atoms with E-state index in [1.54, 1.807) is 61.2 Å². The van der Waals surface area contributed by atoms with Gasteiger partial charge in [0, 0.05) is 35.9 Å². The Hall–Kier alpha value is -2.67. The van der Waals surface area contributed by atoms with Gasteiger partial charge in [-0.05, 0) is 59.7 Å². The molecule has 0 unspecified atom stereocenters. The van der Waals surface area contributed by atoms with E-state index < -0.39 is 30.0 Å². The van der Waals surface area contributed by atoms with E-state index in [0.717, 1.165) is 12.1 Å². The van der Waals surface area contributed by atoms with Gasteiger partial charge in [0.1, 0.15) is 20.2 Å². The first-order chi connectivity index (χ1) is 15.1. The Labute approximate surface area is 221 Å². The topological polar surface area (TPSA) is 216 Å². The van der Waals surface area contributed by atoms with Crippen LogP contribution in [0.5, 0.6) is 0 Å². The van der Waals surface area contributed by atoms with Crippen LogP contribution in [0.2, 0.25) is 0 Å². The van der Waals surface area contributed by atoms with Crippen molar-refractivity contribution in [2.45, 2.75) is 9.79 Å². The Morgan fingerprint density at radius 3 is 1.46 bits per heavy atom. The average molecular weight is 711 g/mol. The Morgan fingerprint density at radius 2 is 1.06 bits per heavy atom. The van der Waals surface area contributed by atoms with Crippen LogP contribution in [0.15, 0.2) is 89.2 Å². The summed E-state index contributed by atoms with van der Waals surface area (Å²) < 4.78 is 69.9. The minimum absolute atomic E-state index is 0. The quantitative estimate of drug-likeness (QED) is 0.210. The fourth-order valence-electron chi connectivity index (χ4n) is 3.13. The summed E-state index contributed by atoms with van der Waals surface area (Å²) in [5.74, 6) is 0. The van der Waals surface area contributed by atoms with Gasteiger partial charge in [-0.3, -0.25) is 9.97 Å². The van der Waals surface area contributed by atoms with E-state index in [9.17, 15) is 25.9 Å². The van der Waals surface area contributed by atoms with Crippen LogP contribution in [-0.2, 0) is 20.2 Å². The molecule has 0 bridgehead atoms. The Bertz CT molecular complexity index is 1460. The van der Waals surface area contributed by atoms with Gasteiger partial charge in [0.15, 0.2) is 0 Å². The maximum atomic E-state index is 11.9. The van der Waals surface area contributed by atoms with Gasteiger partial charge < -0.3 is 20.1 Å². The molecule has 14 heteroatoms. The van der Waals surface area contributed by atoms with Crippen molar-refractivity contribution >= 4 is 47.5 Å². The van der Waals surface area contributed by atoms with Crippen LogP contribution < -0.4 is 0 Å². The van der Waals surface area contributed by atoms with E-state index in [4.69, 9.17) is 0 Å². The smallest absolute Gasteiger partial charge is 0.744 e. The summed E-state index contributed by atoms with van der Waals surface area (Å²) in [6.07, 6.45) is 6.27. The van der Waals surface area contributed by atoms with Gasteiger partial charge in [-0.15, -0.1) is 0 Å². The molecule has 0 fully saturated rings. The molecule has 4 rings (SSSR count). The molecule has 2 radical (unpaired) electrons. The van der Waals surface area contributed by atoms with Crippen LogP contribution in [0.1, 0.15) is 0 Å². The minimum Gasteiger partial charge on any atom is -0.744 e. The number of pyridine rings is 3. The number of benzene rings is 1. The van der Waals surface area contributed by atoms with Crippen LogP contribution in [0.25, 0.3) is 33.6 Å². The molecular weight excluding hydrogens is 694 g/mol. The molecule has 3 heterocycles. The zero-order valence-electron chi connectivity index (χ0n) is 17.6. The molecule has 0 saturated carbocycles. The predicted octanol–water partition coefficient (Wildman–Crippen LogP) is 0.651. The van der Waals surface area contributed by atoms with Crippen molar-refractivity contribution in [2.24, 2.45) is 0 Å². The van der Waals surface area contributed by atoms with Crippen molar-refractivity contribution in [3.63, 3.8) is 0 Å². The number of hydrogen-bond acceptors (Lipinski definition) is 9. The third-order valence-electron chi connectivity index (χ3n) is 4.60. The molecule has 4 N–H and O–H groups in total. The standard InChI is InChI=1S/C21H15N3O6S2.2H2O.Pb/c25-31(26,27)17-1-2-18(21(13-17)32(28,29)30)16-11-19(14-3-7-22-8-4-14)24-20(12-16)15-5-9-23-10-6-15;;;/h1-13H,(H,25,26,27)(H,28,29,30);2*1H2;/q;;;+2/p-2. The second kappa shape index (κ2) is 11.8. The summed E-state index contributed by atoms with van der Waals surface area (Å²) in [6.45, 7) is 0. The van der Waals surface area contributed by atoms with E-state index in [-0.39, 0.29) is 43.8 Å². The van der Waals surface area contributed by atoms with Crippen LogP contribution in [0, 0.1) is 0 Å². The van der Waals surface area contributed by atoms with Gasteiger partial charge in [-0.1, -0.05) is 6.07 Å². The molecule has 4 aromatic rings. The van der Waals surface area contributed by atoms with E-state index in [2.05, 4.69) is 15.0 Å². The van der Waals surface area contributed by atoms with Crippen molar-refractivity contribution in [3.8, 4) is 33.6 Å². The minimum atomic E-state index is -5.11. The summed E-state index contributed by atoms with van der Waals surface area (Å²) in [5, 5.41) is 0. The largest absolute Gasteiger partial charge is 2.00 e. The molecule has 0 aliphatic heterocycles. The van der Waals surface area contributed by atoms with Crippen molar-refractivity contribution in [2.75, 3.05) is 0 Å². The van der Waals surface area contributed by atoms with Crippen LogP contribution in [-0.4, -0.2) is 79.1 Å². The monoisotopic (exact) mass is 711 g/mol. The molecule has 0 amide bonds. The molecule has 35 heavy (non-hydrogen) atoms. The molecule has 0 spiro atoms. The molecule has 180 valence electrons. The maximum absolute atomic E-state index is 11.9. The molecule has 0 aliphatic carbocycles. The maximum Gasteiger partial charge on any atom is 2.00 e. The van der Waals surface area contributed by atoms with Gasteiger partial charge >= 0.3 is 27.3 Å². The van der Waals surface area contributed by atoms with Crippen molar-refractivity contribution in [3.05, 3.63) is 79.4 Å². The molecule has 0 saturated heterocycles. The first-order valence-electron chi connectivity index (χ1n) is 9.02. The normalized spacial score (nSPS) is 10.9. The number of rotatable bonds is 5. The Balaban J connectivity index is 0.00000204. The fourth-order valence-corrected chi connectivity index (χ4v) is 4.43. The van der Waals surface area contributed by atoms with Gasteiger partial charge in [0.25, 0.3) is 0 Å². The Kier molecular flexibility index (Phi) is 10.3. The van der Waals surface area contributed by atoms with Crippen molar-refractivity contribution in [1.29, 1.82) is 0 Å². The second-order valence-electron chi connectivity index (χ2n) is 6.66. The molecular formula is C21H17N3O8PbS2. The fraction of sp³-hybridized carbons (Fsp3) is 0. The van der Waals surface area contributed by atoms with E-state index in [1.165, 1.54) is 0 Å². The third kappa shape index (κ3) is 6.94. The van der Waals surface area contributed by atoms with Gasteiger partial charge in [0.05, 0.1) is 21.2 Å². The molecule has 0 aliphatic rings. The van der Waals surface area contributed by atoms with Crippen LogP contribution in [0.3, 0.4) is 0 Å². The third-order valence-corrected chi connectivity index (χ3v) is 6.31. The average Bonchev–Trinajstić information content (AvgIpc) is 2.78. The van der Waals surface area contributed by atoms with Gasteiger partial charge in [-0.2, -0.15) is 0 Å². The zero-order valence-corrected chi connectivity index (χ0v) is 23.1. The summed E-state index contributed by atoms with van der Waals surface area (Å²) >= 11 is 0. The first kappa shape index (κ1) is 30.4. The number of hydrogen-bond donors (Lipinski definition) is 0. The summed E-state index contributed by atoms with van der Waals surface area (Å²) in [4.78, 5) is 10.9. The molecule has 1 aromatic carbocycles. The van der Waals surface area contributed by atoms with Crippen LogP contribution >= 0.6 is 0 Å². The van der Waals surface area contributed by atoms with Crippen molar-refractivity contribution in [1.82, 2.24) is 15.0 Å². The molecule has 11 nitrogen and oxygen atoms in total. The summed E-state index contributed by atoms with van der Waals surface area (Å²) in [7, 11) is -10.1. The molecule has 0 atom stereocenters. The van der Waals surface area contributed by atoms with Gasteiger partial charge in [0.2, 0.25) is 0 Å². The number of nitrogens with zero attached hydrogens (tertiary/aromatic N) is 3. The van der Waals surface area contributed by atoms with E-state index in [0.29, 0.717) is 34.1 Å².